The largest absolute Gasteiger partial charge is 0.484 e. The van der Waals surface area contributed by atoms with Crippen molar-refractivity contribution in [2.45, 2.75) is 52.5 Å². The fraction of sp³-hybridized carbons (Fsp3) is 0.360. The summed E-state index contributed by atoms with van der Waals surface area (Å²) < 4.78 is 6.40. The molecule has 3 rings (SSSR count). The Hall–Kier alpha value is -2.57. The molecule has 1 heterocycles. The Kier molecular flexibility index (Phi) is 7.47. The molecule has 1 atom stereocenters. The first-order valence-electron chi connectivity index (χ1n) is 10.6. The zero-order valence-corrected chi connectivity index (χ0v) is 20.6. The van der Waals surface area contributed by atoms with Gasteiger partial charge in [-0.3, -0.25) is 9.59 Å². The van der Waals surface area contributed by atoms with E-state index in [0.717, 1.165) is 16.5 Å². The minimum Gasteiger partial charge on any atom is -0.484 e. The number of rotatable bonds is 7. The van der Waals surface area contributed by atoms with Crippen molar-refractivity contribution in [1.29, 1.82) is 0 Å². The zero-order chi connectivity index (χ0) is 23.5. The van der Waals surface area contributed by atoms with Crippen LogP contribution >= 0.6 is 22.9 Å². The molecule has 32 heavy (non-hydrogen) atoms. The third-order valence-corrected chi connectivity index (χ3v) is 6.80. The van der Waals surface area contributed by atoms with Crippen LogP contribution in [0.4, 0.5) is 5.69 Å². The number of anilines is 1. The number of fused-ring (bicyclic) bond motifs is 1. The first-order chi connectivity index (χ1) is 15.1. The van der Waals surface area contributed by atoms with Gasteiger partial charge in [0.25, 0.3) is 11.8 Å². The number of benzene rings is 2. The van der Waals surface area contributed by atoms with E-state index in [1.54, 1.807) is 12.1 Å². The number of halogens is 1. The normalized spacial score (nSPS) is 12.4. The topological polar surface area (TPSA) is 67.4 Å². The van der Waals surface area contributed by atoms with E-state index in [2.05, 4.69) is 24.5 Å². The molecule has 3 aromatic rings. The molecule has 7 heteroatoms. The lowest BCUT2D eigenvalue weighted by molar-refractivity contribution is -0.118. The molecule has 0 aliphatic heterocycles. The minimum atomic E-state index is -0.377. The van der Waals surface area contributed by atoms with Gasteiger partial charge in [0.15, 0.2) is 6.61 Å². The smallest absolute Gasteiger partial charge is 0.263 e. The van der Waals surface area contributed by atoms with Gasteiger partial charge in [-0.15, -0.1) is 11.3 Å². The Bertz CT molecular complexity index is 1120. The molecule has 1 aromatic heterocycles. The summed E-state index contributed by atoms with van der Waals surface area (Å²) in [5.41, 5.74) is 1.47. The lowest BCUT2D eigenvalue weighted by Crippen LogP contribution is -2.40. The summed E-state index contributed by atoms with van der Waals surface area (Å²) in [6, 6.07) is 13.3. The molecule has 5 nitrogen and oxygen atoms in total. The second-order valence-corrected chi connectivity index (χ2v) is 10.2. The summed E-state index contributed by atoms with van der Waals surface area (Å²) in [4.78, 5) is 25.6. The monoisotopic (exact) mass is 472 g/mol. The van der Waals surface area contributed by atoms with Crippen LogP contribution in [-0.4, -0.2) is 24.0 Å². The Balaban J connectivity index is 1.71. The SMILES string of the molecule is CC[C@@H](C)c1ccc(OCC(=O)Nc2cccc3c(Cl)c(C(=O)NC(C)(C)C)sc23)cc1. The van der Waals surface area contributed by atoms with Crippen LogP contribution in [0, 0.1) is 0 Å². The lowest BCUT2D eigenvalue weighted by Gasteiger charge is -2.19. The summed E-state index contributed by atoms with van der Waals surface area (Å²) in [6.45, 7) is 9.95. The van der Waals surface area contributed by atoms with Crippen molar-refractivity contribution in [2.24, 2.45) is 0 Å². The molecule has 0 aliphatic rings. The molecule has 0 bridgehead atoms. The van der Waals surface area contributed by atoms with E-state index >= 15 is 0 Å². The van der Waals surface area contributed by atoms with Crippen LogP contribution in [0.25, 0.3) is 10.1 Å². The van der Waals surface area contributed by atoms with Crippen molar-refractivity contribution in [1.82, 2.24) is 5.32 Å². The van der Waals surface area contributed by atoms with Gasteiger partial charge < -0.3 is 15.4 Å². The van der Waals surface area contributed by atoms with Crippen molar-refractivity contribution >= 4 is 50.5 Å². The van der Waals surface area contributed by atoms with Gasteiger partial charge in [-0.1, -0.05) is 49.7 Å². The van der Waals surface area contributed by atoms with Gasteiger partial charge in [0.2, 0.25) is 0 Å². The van der Waals surface area contributed by atoms with Gasteiger partial charge in [0.1, 0.15) is 10.6 Å². The van der Waals surface area contributed by atoms with E-state index in [1.807, 2.05) is 51.1 Å². The Morgan fingerprint density at radius 2 is 1.81 bits per heavy atom. The van der Waals surface area contributed by atoms with E-state index < -0.39 is 0 Å². The van der Waals surface area contributed by atoms with Crippen LogP contribution in [0.3, 0.4) is 0 Å². The molecular formula is C25H29ClN2O3S. The van der Waals surface area contributed by atoms with Crippen LogP contribution < -0.4 is 15.4 Å². The summed E-state index contributed by atoms with van der Waals surface area (Å²) >= 11 is 7.75. The molecule has 0 unspecified atom stereocenters. The van der Waals surface area contributed by atoms with Gasteiger partial charge in [-0.2, -0.15) is 0 Å². The highest BCUT2D eigenvalue weighted by Crippen LogP contribution is 2.39. The summed E-state index contributed by atoms with van der Waals surface area (Å²) in [5.74, 6) is 0.616. The van der Waals surface area contributed by atoms with Crippen molar-refractivity contribution in [3.8, 4) is 5.75 Å². The number of carbonyl (C=O) groups is 2. The second-order valence-electron chi connectivity index (χ2n) is 8.85. The molecule has 0 aliphatic carbocycles. The first kappa shape index (κ1) is 24.1. The average Bonchev–Trinajstić information content (AvgIpc) is 3.09. The number of ether oxygens (including phenoxy) is 1. The molecule has 0 saturated carbocycles. The van der Waals surface area contributed by atoms with Gasteiger partial charge in [0.05, 0.1) is 15.4 Å². The maximum absolute atomic E-state index is 12.6. The van der Waals surface area contributed by atoms with Crippen LogP contribution in [0.5, 0.6) is 5.75 Å². The molecule has 170 valence electrons. The predicted molar refractivity (Wildman–Crippen MR) is 133 cm³/mol. The summed E-state index contributed by atoms with van der Waals surface area (Å²) in [5, 5.41) is 6.93. The van der Waals surface area contributed by atoms with E-state index in [9.17, 15) is 9.59 Å². The van der Waals surface area contributed by atoms with E-state index in [4.69, 9.17) is 16.3 Å². The first-order valence-corrected chi connectivity index (χ1v) is 11.8. The summed E-state index contributed by atoms with van der Waals surface area (Å²) in [7, 11) is 0. The van der Waals surface area contributed by atoms with Crippen molar-refractivity contribution in [2.75, 3.05) is 11.9 Å². The third-order valence-electron chi connectivity index (χ3n) is 5.06. The molecule has 2 N–H and O–H groups in total. The fourth-order valence-corrected chi connectivity index (χ4v) is 4.67. The Morgan fingerprint density at radius 3 is 2.44 bits per heavy atom. The Labute approximate surface area is 198 Å². The highest BCUT2D eigenvalue weighted by atomic mass is 35.5. The molecule has 0 fully saturated rings. The molecule has 2 aromatic carbocycles. The minimum absolute atomic E-state index is 0.116. The molecule has 0 radical (unpaired) electrons. The highest BCUT2D eigenvalue weighted by molar-refractivity contribution is 7.22. The van der Waals surface area contributed by atoms with Crippen LogP contribution in [0.1, 0.15) is 62.2 Å². The zero-order valence-electron chi connectivity index (χ0n) is 19.0. The number of thiophene rings is 1. The number of hydrogen-bond donors (Lipinski definition) is 2. The predicted octanol–water partition coefficient (Wildman–Crippen LogP) is 6.61. The van der Waals surface area contributed by atoms with Gasteiger partial charge in [0, 0.05) is 10.9 Å². The van der Waals surface area contributed by atoms with Crippen molar-refractivity contribution in [3.63, 3.8) is 0 Å². The van der Waals surface area contributed by atoms with Crippen molar-refractivity contribution < 1.29 is 14.3 Å². The van der Waals surface area contributed by atoms with Gasteiger partial charge in [-0.25, -0.2) is 0 Å². The molecule has 0 saturated heterocycles. The standard InChI is InChI=1S/C25H29ClN2O3S/c1-6-15(2)16-10-12-17(13-11-16)31-14-20(29)27-19-9-7-8-18-21(26)23(32-22(18)19)24(30)28-25(3,4)5/h7-13,15H,6,14H2,1-5H3,(H,27,29)(H,28,30)/t15-/m1/s1. The Morgan fingerprint density at radius 1 is 1.12 bits per heavy atom. The number of amides is 2. The fourth-order valence-electron chi connectivity index (χ4n) is 3.19. The number of nitrogens with one attached hydrogen (secondary N) is 2. The quantitative estimate of drug-likeness (QED) is 0.406. The van der Waals surface area contributed by atoms with Gasteiger partial charge in [-0.05, 0) is 56.9 Å². The van der Waals surface area contributed by atoms with Crippen LogP contribution in [0.2, 0.25) is 5.02 Å². The maximum Gasteiger partial charge on any atom is 0.263 e. The lowest BCUT2D eigenvalue weighted by atomic mass is 9.99. The molecule has 2 amide bonds. The van der Waals surface area contributed by atoms with E-state index in [1.165, 1.54) is 16.9 Å². The molecular weight excluding hydrogens is 444 g/mol. The highest BCUT2D eigenvalue weighted by Gasteiger charge is 2.22. The second kappa shape index (κ2) is 9.92. The number of hydrogen-bond acceptors (Lipinski definition) is 4. The van der Waals surface area contributed by atoms with Gasteiger partial charge >= 0.3 is 0 Å². The van der Waals surface area contributed by atoms with E-state index in [-0.39, 0.29) is 24.0 Å². The van der Waals surface area contributed by atoms with Crippen molar-refractivity contribution in [3.05, 3.63) is 57.9 Å². The summed E-state index contributed by atoms with van der Waals surface area (Å²) in [6.07, 6.45) is 1.07. The van der Waals surface area contributed by atoms with Crippen LogP contribution in [0.15, 0.2) is 42.5 Å². The maximum atomic E-state index is 12.6. The third kappa shape index (κ3) is 5.81. The number of carbonyl (C=O) groups excluding carboxylic acids is 2. The molecule has 0 spiro atoms. The average molecular weight is 473 g/mol. The van der Waals surface area contributed by atoms with Crippen LogP contribution in [-0.2, 0) is 4.79 Å². The van der Waals surface area contributed by atoms with E-state index in [0.29, 0.717) is 27.3 Å².